The van der Waals surface area contributed by atoms with Crippen molar-refractivity contribution in [3.8, 4) is 17.2 Å². The van der Waals surface area contributed by atoms with Crippen LogP contribution in [-0.2, 0) is 11.3 Å². The number of likely N-dealkylation sites (N-methyl/N-ethyl adjacent to an activating group) is 1. The summed E-state index contributed by atoms with van der Waals surface area (Å²) in [5, 5.41) is 0. The largest absolute Gasteiger partial charge is 0.497 e. The summed E-state index contributed by atoms with van der Waals surface area (Å²) >= 11 is 0. The molecule has 1 fully saturated rings. The number of benzene rings is 2. The van der Waals surface area contributed by atoms with E-state index in [4.69, 9.17) is 14.2 Å². The Morgan fingerprint density at radius 2 is 1.72 bits per heavy atom. The number of likely N-dealkylation sites (tertiary alicyclic amines) is 1. The second kappa shape index (κ2) is 9.65. The molecule has 1 saturated heterocycles. The van der Waals surface area contributed by atoms with Crippen LogP contribution in [0.25, 0.3) is 0 Å². The van der Waals surface area contributed by atoms with Crippen molar-refractivity contribution in [2.45, 2.75) is 25.4 Å². The van der Waals surface area contributed by atoms with Gasteiger partial charge in [0.1, 0.15) is 23.8 Å². The molecule has 1 aliphatic heterocycles. The summed E-state index contributed by atoms with van der Waals surface area (Å²) in [5.74, 6) is 2.59. The summed E-state index contributed by atoms with van der Waals surface area (Å²) in [6.07, 6.45) is 1.93. The van der Waals surface area contributed by atoms with Crippen LogP contribution in [0.15, 0.2) is 42.5 Å². The van der Waals surface area contributed by atoms with E-state index in [0.717, 1.165) is 53.6 Å². The second-order valence-electron chi connectivity index (χ2n) is 7.51. The van der Waals surface area contributed by atoms with Crippen molar-refractivity contribution in [3.63, 3.8) is 0 Å². The van der Waals surface area contributed by atoms with Crippen LogP contribution in [0, 0.1) is 0 Å². The molecule has 0 spiro atoms. The molecule has 1 aliphatic rings. The first-order chi connectivity index (χ1) is 14.0. The number of carbonyl (C=O) groups is 1. The molecule has 0 saturated carbocycles. The topological polar surface area (TPSA) is 52.4 Å². The average molecular weight is 400 g/mol. The smallest absolute Gasteiger partial charge is 0.278 e. The van der Waals surface area contributed by atoms with Gasteiger partial charge >= 0.3 is 0 Å². The van der Waals surface area contributed by atoms with Crippen LogP contribution in [0.4, 0.5) is 0 Å². The van der Waals surface area contributed by atoms with E-state index in [1.807, 2.05) is 47.4 Å². The Balaban J connectivity index is 1.68. The fraction of sp³-hybridized carbons (Fsp3) is 0.435. The lowest BCUT2D eigenvalue weighted by molar-refractivity contribution is -0.885. The first-order valence-electron chi connectivity index (χ1n) is 10.0. The maximum atomic E-state index is 13.1. The van der Waals surface area contributed by atoms with Crippen LogP contribution < -0.4 is 19.1 Å². The van der Waals surface area contributed by atoms with Crippen LogP contribution in [0.5, 0.6) is 17.2 Å². The molecule has 1 unspecified atom stereocenters. The van der Waals surface area contributed by atoms with E-state index in [1.54, 1.807) is 21.3 Å². The molecule has 0 radical (unpaired) electrons. The predicted molar refractivity (Wildman–Crippen MR) is 112 cm³/mol. The van der Waals surface area contributed by atoms with Crippen LogP contribution in [0.1, 0.15) is 30.0 Å². The summed E-state index contributed by atoms with van der Waals surface area (Å²) in [6.45, 7) is 2.02. The number of rotatable bonds is 8. The number of hydrogen-bond acceptors (Lipinski definition) is 4. The maximum Gasteiger partial charge on any atom is 0.278 e. The third kappa shape index (κ3) is 5.01. The standard InChI is InChI=1S/C23H30N2O4/c1-24(15-17-7-9-18(27-2)10-8-17)16-23(26)25-13-5-6-21(25)20-14-19(28-3)11-12-22(20)29-4/h7-12,14,21H,5-6,13,15-16H2,1-4H3/p+1/t21-/m0/s1. The van der Waals surface area contributed by atoms with Crippen LogP contribution in [0.2, 0.25) is 0 Å². The fourth-order valence-corrected chi connectivity index (χ4v) is 4.00. The molecule has 0 bridgehead atoms. The minimum atomic E-state index is 0.0290. The van der Waals surface area contributed by atoms with Gasteiger partial charge in [0.05, 0.1) is 34.4 Å². The molecule has 0 aliphatic carbocycles. The van der Waals surface area contributed by atoms with Gasteiger partial charge < -0.3 is 24.0 Å². The first kappa shape index (κ1) is 21.0. The molecule has 3 rings (SSSR count). The van der Waals surface area contributed by atoms with Crippen molar-refractivity contribution < 1.29 is 23.9 Å². The van der Waals surface area contributed by atoms with Gasteiger partial charge in [-0.25, -0.2) is 0 Å². The maximum absolute atomic E-state index is 13.1. The summed E-state index contributed by atoms with van der Waals surface area (Å²) in [4.78, 5) is 16.2. The molecule has 1 N–H and O–H groups in total. The van der Waals surface area contributed by atoms with Crippen LogP contribution >= 0.6 is 0 Å². The Kier molecular flexibility index (Phi) is 6.99. The van der Waals surface area contributed by atoms with Crippen molar-refractivity contribution >= 4 is 5.91 Å². The van der Waals surface area contributed by atoms with Crippen LogP contribution in [-0.4, -0.2) is 52.3 Å². The monoisotopic (exact) mass is 399 g/mol. The normalized spacial score (nSPS) is 17.1. The van der Waals surface area contributed by atoms with Gasteiger partial charge in [0.15, 0.2) is 6.54 Å². The van der Waals surface area contributed by atoms with E-state index in [9.17, 15) is 4.79 Å². The van der Waals surface area contributed by atoms with Crippen molar-refractivity contribution in [3.05, 3.63) is 53.6 Å². The zero-order valence-corrected chi connectivity index (χ0v) is 17.7. The summed E-state index contributed by atoms with van der Waals surface area (Å²) < 4.78 is 16.1. The lowest BCUT2D eigenvalue weighted by atomic mass is 10.0. The summed E-state index contributed by atoms with van der Waals surface area (Å²) in [7, 11) is 7.04. The van der Waals surface area contributed by atoms with Crippen LogP contribution in [0.3, 0.4) is 0 Å². The van der Waals surface area contributed by atoms with E-state index in [-0.39, 0.29) is 11.9 Å². The van der Waals surface area contributed by atoms with Gasteiger partial charge in [0, 0.05) is 17.7 Å². The quantitative estimate of drug-likeness (QED) is 0.739. The van der Waals surface area contributed by atoms with Crippen molar-refractivity contribution in [2.75, 3.05) is 41.5 Å². The van der Waals surface area contributed by atoms with E-state index in [2.05, 4.69) is 7.05 Å². The van der Waals surface area contributed by atoms with Crippen molar-refractivity contribution in [1.82, 2.24) is 4.90 Å². The van der Waals surface area contributed by atoms with Gasteiger partial charge in [-0.05, 0) is 55.3 Å². The minimum Gasteiger partial charge on any atom is -0.497 e. The summed E-state index contributed by atoms with van der Waals surface area (Å²) in [5.41, 5.74) is 2.20. The third-order valence-corrected chi connectivity index (χ3v) is 5.49. The zero-order chi connectivity index (χ0) is 20.8. The molecule has 1 amide bonds. The Hall–Kier alpha value is -2.73. The fourth-order valence-electron chi connectivity index (χ4n) is 4.00. The highest BCUT2D eigenvalue weighted by Crippen LogP contribution is 2.38. The van der Waals surface area contributed by atoms with Gasteiger partial charge in [0.25, 0.3) is 5.91 Å². The van der Waals surface area contributed by atoms with Gasteiger partial charge in [0.2, 0.25) is 0 Å². The van der Waals surface area contributed by atoms with Gasteiger partial charge in [-0.3, -0.25) is 4.79 Å². The molecular weight excluding hydrogens is 368 g/mol. The van der Waals surface area contributed by atoms with E-state index in [1.165, 1.54) is 5.56 Å². The first-order valence-corrected chi connectivity index (χ1v) is 10.0. The summed E-state index contributed by atoms with van der Waals surface area (Å²) in [6, 6.07) is 13.8. The van der Waals surface area contributed by atoms with Crippen molar-refractivity contribution in [1.29, 1.82) is 0 Å². The number of carbonyl (C=O) groups excluding carboxylic acids is 1. The van der Waals surface area contributed by atoms with Gasteiger partial charge in [-0.15, -0.1) is 0 Å². The molecular formula is C23H31N2O4+. The predicted octanol–water partition coefficient (Wildman–Crippen LogP) is 2.09. The van der Waals surface area contributed by atoms with E-state index < -0.39 is 0 Å². The molecule has 1 heterocycles. The molecule has 156 valence electrons. The lowest BCUT2D eigenvalue weighted by Crippen LogP contribution is -3.08. The average Bonchev–Trinajstić information content (AvgIpc) is 3.23. The number of nitrogens with zero attached hydrogens (tertiary/aromatic N) is 1. The SMILES string of the molecule is COc1ccc(C[NH+](C)CC(=O)N2CCC[C@H]2c2cc(OC)ccc2OC)cc1. The number of ether oxygens (including phenoxy) is 3. The molecule has 2 aromatic rings. The van der Waals surface area contributed by atoms with Gasteiger partial charge in [-0.1, -0.05) is 0 Å². The molecule has 6 nitrogen and oxygen atoms in total. The minimum absolute atomic E-state index is 0.0290. The highest BCUT2D eigenvalue weighted by Gasteiger charge is 2.33. The number of nitrogens with one attached hydrogen (secondary N) is 1. The highest BCUT2D eigenvalue weighted by molar-refractivity contribution is 5.78. The zero-order valence-electron chi connectivity index (χ0n) is 17.7. The van der Waals surface area contributed by atoms with E-state index >= 15 is 0 Å². The molecule has 2 atom stereocenters. The second-order valence-corrected chi connectivity index (χ2v) is 7.51. The number of hydrogen-bond donors (Lipinski definition) is 1. The number of methoxy groups -OCH3 is 3. The Labute approximate surface area is 173 Å². The highest BCUT2D eigenvalue weighted by atomic mass is 16.5. The molecule has 29 heavy (non-hydrogen) atoms. The molecule has 6 heteroatoms. The number of quaternary nitrogens is 1. The lowest BCUT2D eigenvalue weighted by Gasteiger charge is -2.27. The Morgan fingerprint density at radius 3 is 2.38 bits per heavy atom. The number of amides is 1. The Morgan fingerprint density at radius 1 is 1.03 bits per heavy atom. The molecule has 2 aromatic carbocycles. The molecule has 0 aromatic heterocycles. The van der Waals surface area contributed by atoms with E-state index in [0.29, 0.717) is 6.54 Å². The third-order valence-electron chi connectivity index (χ3n) is 5.49. The Bertz CT molecular complexity index is 822. The van der Waals surface area contributed by atoms with Crippen molar-refractivity contribution in [2.24, 2.45) is 0 Å². The van der Waals surface area contributed by atoms with Gasteiger partial charge in [-0.2, -0.15) is 0 Å².